The summed E-state index contributed by atoms with van der Waals surface area (Å²) in [7, 11) is 1.14. The van der Waals surface area contributed by atoms with Gasteiger partial charge in [-0.05, 0) is 30.7 Å². The minimum Gasteiger partial charge on any atom is -0.383 e. The van der Waals surface area contributed by atoms with Crippen molar-refractivity contribution in [2.45, 2.75) is 13.3 Å². The Hall–Kier alpha value is -2.86. The van der Waals surface area contributed by atoms with Crippen molar-refractivity contribution in [1.82, 2.24) is 4.90 Å². The lowest BCUT2D eigenvalue weighted by atomic mass is 10.0. The molecule has 0 amide bonds. The highest BCUT2D eigenvalue weighted by Crippen LogP contribution is 2.36. The summed E-state index contributed by atoms with van der Waals surface area (Å²) in [6.45, 7) is 1.92. The van der Waals surface area contributed by atoms with Gasteiger partial charge < -0.3 is 4.90 Å². The maximum atomic E-state index is 13.1. The highest BCUT2D eigenvalue weighted by atomic mass is 32.2. The van der Waals surface area contributed by atoms with E-state index in [2.05, 4.69) is 0 Å². The number of nitrogens with zero attached hydrogens (tertiary/aromatic N) is 2. The van der Waals surface area contributed by atoms with Crippen LogP contribution in [0.25, 0.3) is 0 Å². The van der Waals surface area contributed by atoms with Gasteiger partial charge in [0.25, 0.3) is 0 Å². The summed E-state index contributed by atoms with van der Waals surface area (Å²) < 4.78 is 24.2. The largest absolute Gasteiger partial charge is 0.383 e. The molecule has 0 spiro atoms. The molecule has 0 radical (unpaired) electrons. The van der Waals surface area contributed by atoms with E-state index in [9.17, 15) is 13.2 Å². The number of anilines is 2. The van der Waals surface area contributed by atoms with Crippen LogP contribution in [-0.2, 0) is 10.3 Å². The van der Waals surface area contributed by atoms with Gasteiger partial charge in [-0.2, -0.15) is 8.42 Å². The van der Waals surface area contributed by atoms with Crippen molar-refractivity contribution >= 4 is 32.4 Å². The maximum absolute atomic E-state index is 13.1. The average molecular weight is 368 g/mol. The molecule has 0 atom stereocenters. The highest BCUT2D eigenvalue weighted by Gasteiger charge is 2.31. The van der Waals surface area contributed by atoms with E-state index in [1.807, 2.05) is 51.4 Å². The number of fused-ring (bicyclic) bond motifs is 1. The summed E-state index contributed by atoms with van der Waals surface area (Å²) in [6, 6.07) is 14.7. The molecule has 1 heterocycles. The fraction of sp³-hybridized carbons (Fsp3) is 0.200. The molecule has 5 nitrogen and oxygen atoms in total. The Balaban J connectivity index is 2.37. The Morgan fingerprint density at radius 1 is 1.00 bits per heavy atom. The smallest absolute Gasteiger partial charge is 0.234 e. The van der Waals surface area contributed by atoms with Crippen LogP contribution >= 0.6 is 0 Å². The zero-order valence-corrected chi connectivity index (χ0v) is 15.7. The van der Waals surface area contributed by atoms with E-state index in [0.717, 1.165) is 11.3 Å². The first kappa shape index (κ1) is 17.9. The zero-order valence-electron chi connectivity index (χ0n) is 14.9. The number of hydrogen-bond acceptors (Lipinski definition) is 4. The monoisotopic (exact) mass is 368 g/mol. The normalized spacial score (nSPS) is 15.7. The molecule has 0 N–H and O–H groups in total. The third-order valence-electron chi connectivity index (χ3n) is 4.24. The summed E-state index contributed by atoms with van der Waals surface area (Å²) in [5, 5.41) is 0. The second kappa shape index (κ2) is 7.17. The molecule has 2 aromatic carbocycles. The number of benzene rings is 2. The number of carbonyl (C=O) groups is 1. The molecule has 3 rings (SSSR count). The predicted octanol–water partition coefficient (Wildman–Crippen LogP) is 3.17. The van der Waals surface area contributed by atoms with Gasteiger partial charge in [0.1, 0.15) is 4.99 Å². The number of aryl methyl sites for hydroxylation is 1. The highest BCUT2D eigenvalue weighted by molar-refractivity contribution is 7.73. The van der Waals surface area contributed by atoms with Crippen molar-refractivity contribution in [3.63, 3.8) is 0 Å². The second-order valence-corrected chi connectivity index (χ2v) is 7.33. The van der Waals surface area contributed by atoms with E-state index < -0.39 is 10.3 Å². The standard InChI is InChI=1S/C20H20N2O3S/c1-14-8-4-6-10-17(14)22-18-11-7-5-9-16(18)20(23)15(13-21(2)3)12-19(22)26(24)25/h4-11,13H,12H2,1-3H3. The van der Waals surface area contributed by atoms with Crippen molar-refractivity contribution in [3.8, 4) is 0 Å². The maximum Gasteiger partial charge on any atom is 0.234 e. The third kappa shape index (κ3) is 3.28. The molecule has 0 unspecified atom stereocenters. The number of para-hydroxylation sites is 2. The van der Waals surface area contributed by atoms with Crippen molar-refractivity contribution in [1.29, 1.82) is 0 Å². The van der Waals surface area contributed by atoms with Gasteiger partial charge in [-0.15, -0.1) is 0 Å². The van der Waals surface area contributed by atoms with Crippen LogP contribution in [0.4, 0.5) is 11.4 Å². The van der Waals surface area contributed by atoms with Gasteiger partial charge in [0.15, 0.2) is 5.78 Å². The van der Waals surface area contributed by atoms with E-state index in [1.165, 1.54) is 0 Å². The second-order valence-electron chi connectivity index (χ2n) is 6.39. The molecule has 1 aliphatic heterocycles. The molecule has 0 saturated heterocycles. The number of Topliss-reactive ketones (excluding diaryl/α,β-unsaturated/α-hetero) is 1. The number of carbonyl (C=O) groups excluding carboxylic acids is 1. The molecule has 0 aromatic heterocycles. The Labute approximate surface area is 154 Å². The lowest BCUT2D eigenvalue weighted by Gasteiger charge is -2.26. The van der Waals surface area contributed by atoms with Crippen LogP contribution in [0, 0.1) is 6.92 Å². The van der Waals surface area contributed by atoms with Gasteiger partial charge in [-0.1, -0.05) is 30.3 Å². The van der Waals surface area contributed by atoms with Crippen molar-refractivity contribution in [3.05, 3.63) is 71.4 Å². The van der Waals surface area contributed by atoms with Gasteiger partial charge in [-0.25, -0.2) is 0 Å². The lowest BCUT2D eigenvalue weighted by Crippen LogP contribution is -2.27. The summed E-state index contributed by atoms with van der Waals surface area (Å²) >= 11 is 0. The summed E-state index contributed by atoms with van der Waals surface area (Å²) in [5.74, 6) is -0.159. The Kier molecular flexibility index (Phi) is 4.95. The molecule has 0 aliphatic carbocycles. The van der Waals surface area contributed by atoms with Crippen LogP contribution in [0.2, 0.25) is 0 Å². The van der Waals surface area contributed by atoms with E-state index in [4.69, 9.17) is 0 Å². The molecule has 6 heteroatoms. The quantitative estimate of drug-likeness (QED) is 0.602. The van der Waals surface area contributed by atoms with Crippen LogP contribution < -0.4 is 4.90 Å². The molecule has 0 fully saturated rings. The topological polar surface area (TPSA) is 57.7 Å². The van der Waals surface area contributed by atoms with Crippen molar-refractivity contribution < 1.29 is 13.2 Å². The molecule has 26 heavy (non-hydrogen) atoms. The van der Waals surface area contributed by atoms with Gasteiger partial charge in [0.2, 0.25) is 10.3 Å². The zero-order chi connectivity index (χ0) is 18.8. The van der Waals surface area contributed by atoms with Crippen LogP contribution in [0.1, 0.15) is 22.3 Å². The van der Waals surface area contributed by atoms with E-state index in [-0.39, 0.29) is 17.2 Å². The Morgan fingerprint density at radius 2 is 1.62 bits per heavy atom. The van der Waals surface area contributed by atoms with Crippen LogP contribution in [0.3, 0.4) is 0 Å². The minimum atomic E-state index is -2.48. The lowest BCUT2D eigenvalue weighted by molar-refractivity contribution is 0.103. The van der Waals surface area contributed by atoms with E-state index in [0.29, 0.717) is 16.8 Å². The van der Waals surface area contributed by atoms with E-state index >= 15 is 0 Å². The molecule has 1 aliphatic rings. The average Bonchev–Trinajstić information content (AvgIpc) is 2.71. The van der Waals surface area contributed by atoms with Crippen LogP contribution in [0.15, 0.2) is 60.3 Å². The number of rotatable bonds is 2. The summed E-state index contributed by atoms with van der Waals surface area (Å²) in [4.78, 5) is 16.7. The molecule has 0 bridgehead atoms. The van der Waals surface area contributed by atoms with Crippen molar-refractivity contribution in [2.24, 2.45) is 0 Å². The SMILES string of the molecule is Cc1ccccc1N1C(=S(=O)=O)CC(=CN(C)C)C(=O)c2ccccc21. The van der Waals surface area contributed by atoms with Gasteiger partial charge >= 0.3 is 0 Å². The first-order valence-corrected chi connectivity index (χ1v) is 9.29. The summed E-state index contributed by atoms with van der Waals surface area (Å²) in [5.41, 5.74) is 3.19. The number of ketones is 1. The Morgan fingerprint density at radius 3 is 2.23 bits per heavy atom. The molecule has 2 aromatic rings. The van der Waals surface area contributed by atoms with Crippen LogP contribution in [-0.4, -0.2) is 38.2 Å². The first-order valence-electron chi connectivity index (χ1n) is 8.22. The van der Waals surface area contributed by atoms with E-state index in [1.54, 1.807) is 34.2 Å². The molecule has 134 valence electrons. The number of hydrogen-bond donors (Lipinski definition) is 0. The minimum absolute atomic E-state index is 0.0378. The molecular formula is C20H20N2O3S. The van der Waals surface area contributed by atoms with Gasteiger partial charge in [-0.3, -0.25) is 9.69 Å². The van der Waals surface area contributed by atoms with Gasteiger partial charge in [0.05, 0.1) is 5.69 Å². The first-order chi connectivity index (χ1) is 12.4. The fourth-order valence-corrected chi connectivity index (χ4v) is 3.74. The van der Waals surface area contributed by atoms with Crippen LogP contribution in [0.5, 0.6) is 0 Å². The Bertz CT molecular complexity index is 1030. The van der Waals surface area contributed by atoms with Crippen molar-refractivity contribution in [2.75, 3.05) is 19.0 Å². The van der Waals surface area contributed by atoms with Gasteiger partial charge in [0, 0.05) is 43.5 Å². The molecular weight excluding hydrogens is 348 g/mol. The predicted molar refractivity (Wildman–Crippen MR) is 104 cm³/mol. The fourth-order valence-electron chi connectivity index (χ4n) is 3.12. The summed E-state index contributed by atoms with van der Waals surface area (Å²) in [6.07, 6.45) is 1.73. The third-order valence-corrected chi connectivity index (χ3v) is 4.95. The molecule has 0 saturated carbocycles.